The van der Waals surface area contributed by atoms with Crippen LogP contribution in [0.25, 0.3) is 0 Å². The molecule has 0 aromatic heterocycles. The number of hydrogen-bond acceptors (Lipinski definition) is 5. The van der Waals surface area contributed by atoms with Crippen molar-refractivity contribution in [2.45, 2.75) is 25.7 Å². The Bertz CT molecular complexity index is 976. The number of ether oxygens (including phenoxy) is 1. The third-order valence-corrected chi connectivity index (χ3v) is 4.69. The Labute approximate surface area is 150 Å². The number of benzene rings is 2. The zero-order chi connectivity index (χ0) is 19.6. The van der Waals surface area contributed by atoms with Crippen LogP contribution in [0.2, 0.25) is 0 Å². The SMILES string of the molecule is Cc1cc(C)c(C(=O)COC(=O)c2cc(S(N)(=O)=O)ccc2F)c(C)c1. The minimum absolute atomic E-state index is 0.428. The topological polar surface area (TPSA) is 104 Å². The lowest BCUT2D eigenvalue weighted by Crippen LogP contribution is -2.18. The predicted octanol–water partition coefficient (Wildman–Crippen LogP) is 2.44. The number of esters is 1. The van der Waals surface area contributed by atoms with E-state index in [1.54, 1.807) is 13.8 Å². The Morgan fingerprint density at radius 3 is 2.19 bits per heavy atom. The summed E-state index contributed by atoms with van der Waals surface area (Å²) in [5.74, 6) is -2.56. The van der Waals surface area contributed by atoms with E-state index in [9.17, 15) is 22.4 Å². The summed E-state index contributed by atoms with van der Waals surface area (Å²) >= 11 is 0. The molecule has 0 spiro atoms. The van der Waals surface area contributed by atoms with Crippen LogP contribution in [0, 0.1) is 26.6 Å². The maximum Gasteiger partial charge on any atom is 0.341 e. The first kappa shape index (κ1) is 19.7. The summed E-state index contributed by atoms with van der Waals surface area (Å²) in [6.07, 6.45) is 0. The molecule has 0 heterocycles. The maximum atomic E-state index is 13.8. The van der Waals surface area contributed by atoms with E-state index in [0.717, 1.165) is 34.9 Å². The van der Waals surface area contributed by atoms with Gasteiger partial charge in [0.2, 0.25) is 15.8 Å². The molecule has 0 fully saturated rings. The average molecular weight is 379 g/mol. The van der Waals surface area contributed by atoms with E-state index in [1.807, 2.05) is 19.1 Å². The molecule has 0 aliphatic heterocycles. The van der Waals surface area contributed by atoms with Crippen LogP contribution in [0.1, 0.15) is 37.4 Å². The number of Topliss-reactive ketones (excluding diaryl/α,β-unsaturated/α-hetero) is 1. The lowest BCUT2D eigenvalue weighted by Gasteiger charge is -2.11. The van der Waals surface area contributed by atoms with Crippen molar-refractivity contribution in [3.8, 4) is 0 Å². The third kappa shape index (κ3) is 4.33. The molecule has 0 bridgehead atoms. The minimum atomic E-state index is -4.11. The van der Waals surface area contributed by atoms with E-state index in [0.29, 0.717) is 5.56 Å². The van der Waals surface area contributed by atoms with E-state index >= 15 is 0 Å². The summed E-state index contributed by atoms with van der Waals surface area (Å²) < 4.78 is 41.3. The van der Waals surface area contributed by atoms with Gasteiger partial charge in [-0.15, -0.1) is 0 Å². The highest BCUT2D eigenvalue weighted by Crippen LogP contribution is 2.18. The van der Waals surface area contributed by atoms with Crippen molar-refractivity contribution in [3.05, 3.63) is 64.0 Å². The molecule has 6 nitrogen and oxygen atoms in total. The molecule has 0 aliphatic rings. The van der Waals surface area contributed by atoms with Gasteiger partial charge in [0.05, 0.1) is 10.5 Å². The summed E-state index contributed by atoms with van der Waals surface area (Å²) in [7, 11) is -4.11. The Morgan fingerprint density at radius 1 is 1.08 bits per heavy atom. The van der Waals surface area contributed by atoms with E-state index in [1.165, 1.54) is 0 Å². The van der Waals surface area contributed by atoms with E-state index in [4.69, 9.17) is 9.88 Å². The number of halogens is 1. The van der Waals surface area contributed by atoms with Gasteiger partial charge in [0.25, 0.3) is 0 Å². The summed E-state index contributed by atoms with van der Waals surface area (Å²) in [6.45, 7) is 4.84. The number of ketones is 1. The Hall–Kier alpha value is -2.58. The molecule has 0 aliphatic carbocycles. The first-order valence-electron chi connectivity index (χ1n) is 7.61. The van der Waals surface area contributed by atoms with Gasteiger partial charge in [-0.1, -0.05) is 17.7 Å². The normalized spacial score (nSPS) is 11.3. The molecule has 2 aromatic rings. The number of aryl methyl sites for hydroxylation is 3. The fourth-order valence-electron chi connectivity index (χ4n) is 2.74. The van der Waals surface area contributed by atoms with E-state index in [2.05, 4.69) is 0 Å². The highest BCUT2D eigenvalue weighted by molar-refractivity contribution is 7.89. The standard InChI is InChI=1S/C18H18FNO5S/c1-10-6-11(2)17(12(3)7-10)16(21)9-25-18(22)14-8-13(26(20,23)24)4-5-15(14)19/h4-8H,9H2,1-3H3,(H2,20,23,24). The number of hydrogen-bond donors (Lipinski definition) is 1. The van der Waals surface area contributed by atoms with Crippen LogP contribution >= 0.6 is 0 Å². The molecule has 0 radical (unpaired) electrons. The predicted molar refractivity (Wildman–Crippen MR) is 93.0 cm³/mol. The molecule has 138 valence electrons. The summed E-state index contributed by atoms with van der Waals surface area (Å²) in [6, 6.07) is 6.17. The first-order chi connectivity index (χ1) is 12.0. The fourth-order valence-corrected chi connectivity index (χ4v) is 3.28. The minimum Gasteiger partial charge on any atom is -0.454 e. The molecule has 2 rings (SSSR count). The number of primary sulfonamides is 1. The molecule has 0 saturated carbocycles. The summed E-state index contributed by atoms with van der Waals surface area (Å²) in [4.78, 5) is 24.0. The van der Waals surface area contributed by atoms with Gasteiger partial charge in [-0.25, -0.2) is 22.7 Å². The number of rotatable bonds is 5. The van der Waals surface area contributed by atoms with Gasteiger partial charge in [0.1, 0.15) is 5.82 Å². The summed E-state index contributed by atoms with van der Waals surface area (Å²) in [5, 5.41) is 4.96. The molecule has 2 N–H and O–H groups in total. The Morgan fingerprint density at radius 2 is 1.65 bits per heavy atom. The second kappa shape index (κ2) is 7.35. The monoisotopic (exact) mass is 379 g/mol. The van der Waals surface area contributed by atoms with Crippen LogP contribution in [0.4, 0.5) is 4.39 Å². The lowest BCUT2D eigenvalue weighted by molar-refractivity contribution is 0.0469. The van der Waals surface area contributed by atoms with Crippen molar-refractivity contribution in [3.63, 3.8) is 0 Å². The van der Waals surface area contributed by atoms with Gasteiger partial charge >= 0.3 is 5.97 Å². The van der Waals surface area contributed by atoms with E-state index in [-0.39, 0.29) is 0 Å². The molecule has 0 amide bonds. The quantitative estimate of drug-likeness (QED) is 0.635. The smallest absolute Gasteiger partial charge is 0.341 e. The van der Waals surface area contributed by atoms with Gasteiger partial charge in [-0.2, -0.15) is 0 Å². The molecule has 0 atom stereocenters. The number of carbonyl (C=O) groups excluding carboxylic acids is 2. The molecule has 8 heteroatoms. The molecule has 2 aromatic carbocycles. The highest BCUT2D eigenvalue weighted by atomic mass is 32.2. The van der Waals surface area contributed by atoms with Crippen molar-refractivity contribution in [2.75, 3.05) is 6.61 Å². The number of sulfonamides is 1. The van der Waals surface area contributed by atoms with Crippen LogP contribution < -0.4 is 5.14 Å². The van der Waals surface area contributed by atoms with Gasteiger partial charge in [0.15, 0.2) is 6.61 Å². The molecule has 0 saturated heterocycles. The number of carbonyl (C=O) groups is 2. The van der Waals surface area contributed by atoms with Crippen LogP contribution in [0.5, 0.6) is 0 Å². The molecule has 26 heavy (non-hydrogen) atoms. The highest BCUT2D eigenvalue weighted by Gasteiger charge is 2.20. The first-order valence-corrected chi connectivity index (χ1v) is 9.16. The average Bonchev–Trinajstić information content (AvgIpc) is 2.50. The zero-order valence-corrected chi connectivity index (χ0v) is 15.3. The lowest BCUT2D eigenvalue weighted by atomic mass is 9.97. The third-order valence-electron chi connectivity index (χ3n) is 3.78. The van der Waals surface area contributed by atoms with Gasteiger partial charge in [0, 0.05) is 5.56 Å². The Balaban J connectivity index is 2.21. The van der Waals surface area contributed by atoms with Crippen LogP contribution in [0.3, 0.4) is 0 Å². The molecular weight excluding hydrogens is 361 g/mol. The molecular formula is C18H18FNO5S. The zero-order valence-electron chi connectivity index (χ0n) is 14.5. The van der Waals surface area contributed by atoms with Crippen LogP contribution in [-0.2, 0) is 14.8 Å². The van der Waals surface area contributed by atoms with Crippen molar-refractivity contribution >= 4 is 21.8 Å². The van der Waals surface area contributed by atoms with Crippen molar-refractivity contribution in [2.24, 2.45) is 5.14 Å². The van der Waals surface area contributed by atoms with Crippen molar-refractivity contribution < 1.29 is 27.1 Å². The second-order valence-electron chi connectivity index (χ2n) is 5.96. The largest absolute Gasteiger partial charge is 0.454 e. The van der Waals surface area contributed by atoms with Crippen molar-refractivity contribution in [1.29, 1.82) is 0 Å². The van der Waals surface area contributed by atoms with Crippen LogP contribution in [0.15, 0.2) is 35.2 Å². The Kier molecular flexibility index (Phi) is 5.58. The summed E-state index contributed by atoms with van der Waals surface area (Å²) in [5.41, 5.74) is 2.30. The van der Waals surface area contributed by atoms with Crippen molar-refractivity contribution in [1.82, 2.24) is 0 Å². The van der Waals surface area contributed by atoms with Gasteiger partial charge < -0.3 is 4.74 Å². The number of nitrogens with two attached hydrogens (primary N) is 1. The second-order valence-corrected chi connectivity index (χ2v) is 7.52. The van der Waals surface area contributed by atoms with Gasteiger partial charge in [-0.05, 0) is 50.1 Å². The van der Waals surface area contributed by atoms with E-state index < -0.39 is 44.7 Å². The fraction of sp³-hybridized carbons (Fsp3) is 0.222. The molecule has 0 unspecified atom stereocenters. The van der Waals surface area contributed by atoms with Gasteiger partial charge in [-0.3, -0.25) is 4.79 Å². The van der Waals surface area contributed by atoms with Crippen LogP contribution in [-0.4, -0.2) is 26.8 Å². The maximum absolute atomic E-state index is 13.8.